The number of hydrogen-bond donors (Lipinski definition) is 0. The molecule has 1 fully saturated rings. The SMILES string of the molecule is O=C(CC1CCCCO1)c1cccc2ccncc12. The standard InChI is InChI=1S/C16H17NO2/c18-16(10-13-5-1-2-9-19-13)14-6-3-4-12-7-8-17-11-15(12)14/h3-4,6-8,11,13H,1-2,5,9-10H2. The van der Waals surface area contributed by atoms with Crippen LogP contribution in [0.2, 0.25) is 0 Å². The van der Waals surface area contributed by atoms with E-state index in [9.17, 15) is 4.79 Å². The third kappa shape index (κ3) is 2.66. The summed E-state index contributed by atoms with van der Waals surface area (Å²) in [6, 6.07) is 7.75. The maximum atomic E-state index is 12.4. The van der Waals surface area contributed by atoms with Crippen molar-refractivity contribution < 1.29 is 9.53 Å². The van der Waals surface area contributed by atoms with Gasteiger partial charge in [0, 0.05) is 36.4 Å². The molecule has 0 bridgehead atoms. The van der Waals surface area contributed by atoms with Gasteiger partial charge in [-0.2, -0.15) is 0 Å². The third-order valence-electron chi connectivity index (χ3n) is 3.67. The van der Waals surface area contributed by atoms with Gasteiger partial charge in [0.05, 0.1) is 6.10 Å². The first-order chi connectivity index (χ1) is 9.34. The van der Waals surface area contributed by atoms with Crippen molar-refractivity contribution in [3.63, 3.8) is 0 Å². The molecule has 1 aliphatic heterocycles. The third-order valence-corrected chi connectivity index (χ3v) is 3.67. The first-order valence-corrected chi connectivity index (χ1v) is 6.82. The van der Waals surface area contributed by atoms with Crippen LogP contribution < -0.4 is 0 Å². The molecule has 0 aliphatic carbocycles. The van der Waals surface area contributed by atoms with E-state index >= 15 is 0 Å². The number of rotatable bonds is 3. The van der Waals surface area contributed by atoms with E-state index in [0.29, 0.717) is 6.42 Å². The molecular weight excluding hydrogens is 238 g/mol. The fourth-order valence-corrected chi connectivity index (χ4v) is 2.64. The molecule has 1 saturated heterocycles. The van der Waals surface area contributed by atoms with Gasteiger partial charge in [0.2, 0.25) is 0 Å². The summed E-state index contributed by atoms with van der Waals surface area (Å²) in [6.07, 6.45) is 7.36. The molecule has 0 saturated carbocycles. The van der Waals surface area contributed by atoms with E-state index in [1.165, 1.54) is 0 Å². The lowest BCUT2D eigenvalue weighted by Crippen LogP contribution is -2.22. The highest BCUT2D eigenvalue weighted by molar-refractivity contribution is 6.07. The number of fused-ring (bicyclic) bond motifs is 1. The molecule has 19 heavy (non-hydrogen) atoms. The Morgan fingerprint density at radius 1 is 1.32 bits per heavy atom. The Labute approximate surface area is 112 Å². The molecule has 3 heteroatoms. The topological polar surface area (TPSA) is 39.2 Å². The number of carbonyl (C=O) groups excluding carboxylic acids is 1. The van der Waals surface area contributed by atoms with Gasteiger partial charge >= 0.3 is 0 Å². The maximum Gasteiger partial charge on any atom is 0.166 e. The molecule has 0 N–H and O–H groups in total. The second-order valence-electron chi connectivity index (χ2n) is 5.02. The molecule has 98 valence electrons. The summed E-state index contributed by atoms with van der Waals surface area (Å²) in [7, 11) is 0. The molecule has 0 spiro atoms. The number of carbonyl (C=O) groups is 1. The number of pyridine rings is 1. The van der Waals surface area contributed by atoms with Gasteiger partial charge in [-0.3, -0.25) is 9.78 Å². The average molecular weight is 255 g/mol. The summed E-state index contributed by atoms with van der Waals surface area (Å²) in [5, 5.41) is 2.00. The summed E-state index contributed by atoms with van der Waals surface area (Å²) >= 11 is 0. The molecule has 3 rings (SSSR count). The zero-order chi connectivity index (χ0) is 13.1. The van der Waals surface area contributed by atoms with Crippen molar-refractivity contribution in [2.24, 2.45) is 0 Å². The van der Waals surface area contributed by atoms with Crippen molar-refractivity contribution in [1.29, 1.82) is 0 Å². The maximum absolute atomic E-state index is 12.4. The van der Waals surface area contributed by atoms with Crippen LogP contribution in [-0.2, 0) is 4.74 Å². The summed E-state index contributed by atoms with van der Waals surface area (Å²) < 4.78 is 5.65. The van der Waals surface area contributed by atoms with Gasteiger partial charge in [-0.25, -0.2) is 0 Å². The highest BCUT2D eigenvalue weighted by atomic mass is 16.5. The van der Waals surface area contributed by atoms with Gasteiger partial charge in [-0.15, -0.1) is 0 Å². The quantitative estimate of drug-likeness (QED) is 0.789. The normalized spacial score (nSPS) is 19.5. The van der Waals surface area contributed by atoms with E-state index in [1.54, 1.807) is 12.4 Å². The van der Waals surface area contributed by atoms with E-state index in [2.05, 4.69) is 4.98 Å². The van der Waals surface area contributed by atoms with Crippen LogP contribution >= 0.6 is 0 Å². The number of hydrogen-bond acceptors (Lipinski definition) is 3. The molecular formula is C16H17NO2. The fraction of sp³-hybridized carbons (Fsp3) is 0.375. The van der Waals surface area contributed by atoms with Crippen molar-refractivity contribution in [3.8, 4) is 0 Å². The van der Waals surface area contributed by atoms with Crippen LogP contribution in [0.3, 0.4) is 0 Å². The van der Waals surface area contributed by atoms with E-state index in [4.69, 9.17) is 4.74 Å². The van der Waals surface area contributed by atoms with Crippen LogP contribution in [0.25, 0.3) is 10.8 Å². The Morgan fingerprint density at radius 3 is 3.11 bits per heavy atom. The van der Waals surface area contributed by atoms with Crippen molar-refractivity contribution in [3.05, 3.63) is 42.2 Å². The molecule has 3 nitrogen and oxygen atoms in total. The highest BCUT2D eigenvalue weighted by Crippen LogP contribution is 2.22. The first kappa shape index (κ1) is 12.3. The number of Topliss-reactive ketones (excluding diaryl/α,β-unsaturated/α-hetero) is 1. The lowest BCUT2D eigenvalue weighted by Gasteiger charge is -2.22. The molecule has 1 aliphatic rings. The summed E-state index contributed by atoms with van der Waals surface area (Å²) in [5.41, 5.74) is 0.764. The molecule has 1 aromatic carbocycles. The molecule has 1 aromatic heterocycles. The fourth-order valence-electron chi connectivity index (χ4n) is 2.64. The van der Waals surface area contributed by atoms with Gasteiger partial charge in [-0.1, -0.05) is 18.2 Å². The van der Waals surface area contributed by atoms with Crippen LogP contribution in [0.5, 0.6) is 0 Å². The zero-order valence-corrected chi connectivity index (χ0v) is 10.8. The Hall–Kier alpha value is -1.74. The Balaban J connectivity index is 1.85. The number of aromatic nitrogens is 1. The molecule has 1 unspecified atom stereocenters. The van der Waals surface area contributed by atoms with E-state index in [-0.39, 0.29) is 11.9 Å². The van der Waals surface area contributed by atoms with Gasteiger partial charge in [0.15, 0.2) is 5.78 Å². The van der Waals surface area contributed by atoms with Crippen LogP contribution in [0.4, 0.5) is 0 Å². The highest BCUT2D eigenvalue weighted by Gasteiger charge is 2.19. The van der Waals surface area contributed by atoms with Gasteiger partial charge in [0.25, 0.3) is 0 Å². The second kappa shape index (κ2) is 5.49. The minimum Gasteiger partial charge on any atom is -0.378 e. The zero-order valence-electron chi connectivity index (χ0n) is 10.8. The van der Waals surface area contributed by atoms with Crippen molar-refractivity contribution in [2.75, 3.05) is 6.61 Å². The lowest BCUT2D eigenvalue weighted by molar-refractivity contribution is 0.0129. The summed E-state index contributed by atoms with van der Waals surface area (Å²) in [5.74, 6) is 0.158. The summed E-state index contributed by atoms with van der Waals surface area (Å²) in [4.78, 5) is 16.5. The van der Waals surface area contributed by atoms with E-state index in [0.717, 1.165) is 42.2 Å². The number of ketones is 1. The smallest absolute Gasteiger partial charge is 0.166 e. The van der Waals surface area contributed by atoms with Gasteiger partial charge < -0.3 is 4.74 Å². The van der Waals surface area contributed by atoms with Gasteiger partial charge in [0.1, 0.15) is 0 Å². The van der Waals surface area contributed by atoms with E-state index < -0.39 is 0 Å². The van der Waals surface area contributed by atoms with E-state index in [1.807, 2.05) is 24.3 Å². The van der Waals surface area contributed by atoms with Crippen molar-refractivity contribution in [1.82, 2.24) is 4.98 Å². The molecule has 0 radical (unpaired) electrons. The molecule has 2 aromatic rings. The number of benzene rings is 1. The Kier molecular flexibility index (Phi) is 3.56. The Bertz CT molecular complexity index is 583. The first-order valence-electron chi connectivity index (χ1n) is 6.82. The predicted molar refractivity (Wildman–Crippen MR) is 74.3 cm³/mol. The van der Waals surface area contributed by atoms with Crippen LogP contribution in [0.15, 0.2) is 36.7 Å². The number of ether oxygens (including phenoxy) is 1. The molecule has 0 amide bonds. The average Bonchev–Trinajstić information content (AvgIpc) is 2.47. The lowest BCUT2D eigenvalue weighted by atomic mass is 9.97. The monoisotopic (exact) mass is 255 g/mol. The van der Waals surface area contributed by atoms with Crippen molar-refractivity contribution in [2.45, 2.75) is 31.8 Å². The van der Waals surface area contributed by atoms with Crippen molar-refractivity contribution >= 4 is 16.6 Å². The predicted octanol–water partition coefficient (Wildman–Crippen LogP) is 3.38. The number of nitrogens with zero attached hydrogens (tertiary/aromatic N) is 1. The molecule has 2 heterocycles. The largest absolute Gasteiger partial charge is 0.378 e. The second-order valence-corrected chi connectivity index (χ2v) is 5.02. The van der Waals surface area contributed by atoms with Crippen LogP contribution in [0.1, 0.15) is 36.0 Å². The van der Waals surface area contributed by atoms with Gasteiger partial charge in [-0.05, 0) is 30.7 Å². The minimum absolute atomic E-state index is 0.0909. The van der Waals surface area contributed by atoms with Crippen LogP contribution in [0, 0.1) is 0 Å². The molecule has 1 atom stereocenters. The minimum atomic E-state index is 0.0909. The van der Waals surface area contributed by atoms with Crippen LogP contribution in [-0.4, -0.2) is 23.5 Å². The summed E-state index contributed by atoms with van der Waals surface area (Å²) in [6.45, 7) is 0.787. The Morgan fingerprint density at radius 2 is 2.26 bits per heavy atom.